The Morgan fingerprint density at radius 2 is 1.83 bits per heavy atom. The van der Waals surface area contributed by atoms with Crippen LogP contribution in [0.1, 0.15) is 28.8 Å². The van der Waals surface area contributed by atoms with Crippen molar-refractivity contribution < 1.29 is 9.53 Å². The molecule has 5 nitrogen and oxygen atoms in total. The molecule has 29 heavy (non-hydrogen) atoms. The van der Waals surface area contributed by atoms with Crippen LogP contribution in [-0.2, 0) is 17.7 Å². The lowest BCUT2D eigenvalue weighted by Crippen LogP contribution is -2.02. The van der Waals surface area contributed by atoms with Crippen molar-refractivity contribution in [1.29, 1.82) is 0 Å². The second-order valence-electron chi connectivity index (χ2n) is 7.00. The molecule has 3 aromatic heterocycles. The van der Waals surface area contributed by atoms with E-state index in [-0.39, 0.29) is 5.97 Å². The van der Waals surface area contributed by atoms with E-state index in [1.54, 1.807) is 18.3 Å². The summed E-state index contributed by atoms with van der Waals surface area (Å²) in [6.07, 6.45) is 8.96. The Morgan fingerprint density at radius 3 is 2.66 bits per heavy atom. The van der Waals surface area contributed by atoms with Crippen LogP contribution >= 0.6 is 0 Å². The summed E-state index contributed by atoms with van der Waals surface area (Å²) >= 11 is 0. The highest BCUT2D eigenvalue weighted by Gasteiger charge is 2.10. The number of benzene rings is 1. The van der Waals surface area contributed by atoms with E-state index < -0.39 is 0 Å². The summed E-state index contributed by atoms with van der Waals surface area (Å²) in [6, 6.07) is 18.1. The molecule has 0 spiro atoms. The molecule has 1 aromatic carbocycles. The molecule has 0 saturated carbocycles. The molecule has 0 amide bonds. The molecule has 4 rings (SSSR count). The van der Waals surface area contributed by atoms with Crippen molar-refractivity contribution in [1.82, 2.24) is 14.5 Å². The smallest absolute Gasteiger partial charge is 0.337 e. The fourth-order valence-electron chi connectivity index (χ4n) is 3.49. The summed E-state index contributed by atoms with van der Waals surface area (Å²) in [5.41, 5.74) is 4.36. The van der Waals surface area contributed by atoms with Crippen LogP contribution in [0.15, 0.2) is 73.2 Å². The predicted octanol–water partition coefficient (Wildman–Crippen LogP) is 4.91. The van der Waals surface area contributed by atoms with Gasteiger partial charge < -0.3 is 9.30 Å². The molecule has 3 heterocycles. The number of carbonyl (C=O) groups is 1. The van der Waals surface area contributed by atoms with E-state index in [1.807, 2.05) is 12.3 Å². The zero-order chi connectivity index (χ0) is 20.1. The molecular formula is C24H23N3O2. The first-order valence-electron chi connectivity index (χ1n) is 9.78. The lowest BCUT2D eigenvalue weighted by Gasteiger charge is -2.07. The maximum absolute atomic E-state index is 11.8. The molecular weight excluding hydrogens is 362 g/mol. The highest BCUT2D eigenvalue weighted by molar-refractivity contribution is 5.90. The van der Waals surface area contributed by atoms with Crippen LogP contribution in [0.25, 0.3) is 22.3 Å². The molecule has 0 saturated heterocycles. The molecule has 0 aliphatic rings. The van der Waals surface area contributed by atoms with Gasteiger partial charge in [-0.3, -0.25) is 9.97 Å². The number of ether oxygens (including phenoxy) is 1. The van der Waals surface area contributed by atoms with Gasteiger partial charge in [0, 0.05) is 24.3 Å². The Morgan fingerprint density at radius 1 is 1.00 bits per heavy atom. The van der Waals surface area contributed by atoms with Crippen LogP contribution in [0, 0.1) is 0 Å². The standard InChI is InChI=1S/C24H23N3O2/c1-29-24(28)20-10-12-25-21(16-20)22-15-19-11-14-27(23(19)17-26-22)13-6-5-9-18-7-3-2-4-8-18/h2-4,7-8,10-12,14-17H,5-6,9,13H2,1H3. The number of hydrogen-bond donors (Lipinski definition) is 0. The largest absolute Gasteiger partial charge is 0.465 e. The monoisotopic (exact) mass is 385 g/mol. The highest BCUT2D eigenvalue weighted by atomic mass is 16.5. The number of aryl methyl sites for hydroxylation is 2. The van der Waals surface area contributed by atoms with Gasteiger partial charge in [-0.15, -0.1) is 0 Å². The fourth-order valence-corrected chi connectivity index (χ4v) is 3.49. The summed E-state index contributed by atoms with van der Waals surface area (Å²) in [5, 5.41) is 1.11. The Kier molecular flexibility index (Phi) is 5.66. The molecule has 5 heteroatoms. The van der Waals surface area contributed by atoms with Gasteiger partial charge in [-0.1, -0.05) is 30.3 Å². The number of methoxy groups -OCH3 is 1. The lowest BCUT2D eigenvalue weighted by molar-refractivity contribution is 0.0600. The van der Waals surface area contributed by atoms with Crippen molar-refractivity contribution in [3.8, 4) is 11.4 Å². The number of carbonyl (C=O) groups excluding carboxylic acids is 1. The van der Waals surface area contributed by atoms with Crippen molar-refractivity contribution in [2.24, 2.45) is 0 Å². The quantitative estimate of drug-likeness (QED) is 0.335. The topological polar surface area (TPSA) is 57.0 Å². The van der Waals surface area contributed by atoms with Gasteiger partial charge in [-0.25, -0.2) is 4.79 Å². The van der Waals surface area contributed by atoms with E-state index >= 15 is 0 Å². The SMILES string of the molecule is COC(=O)c1ccnc(-c2cc3ccn(CCCCc4ccccc4)c3cn2)c1. The Labute approximate surface area is 170 Å². The molecule has 0 atom stereocenters. The van der Waals surface area contributed by atoms with Gasteiger partial charge in [0.15, 0.2) is 0 Å². The summed E-state index contributed by atoms with van der Waals surface area (Å²) in [4.78, 5) is 20.7. The zero-order valence-electron chi connectivity index (χ0n) is 16.4. The van der Waals surface area contributed by atoms with Crippen molar-refractivity contribution in [2.45, 2.75) is 25.8 Å². The number of fused-ring (bicyclic) bond motifs is 1. The van der Waals surface area contributed by atoms with Crippen molar-refractivity contribution in [2.75, 3.05) is 7.11 Å². The van der Waals surface area contributed by atoms with Crippen LogP contribution in [-0.4, -0.2) is 27.6 Å². The van der Waals surface area contributed by atoms with Crippen LogP contribution in [0.4, 0.5) is 0 Å². The number of rotatable bonds is 7. The summed E-state index contributed by atoms with van der Waals surface area (Å²) in [5.74, 6) is -0.378. The number of aromatic nitrogens is 3. The van der Waals surface area contributed by atoms with Crippen molar-refractivity contribution in [3.05, 3.63) is 84.3 Å². The van der Waals surface area contributed by atoms with E-state index in [4.69, 9.17) is 4.74 Å². The Balaban J connectivity index is 1.45. The predicted molar refractivity (Wildman–Crippen MR) is 114 cm³/mol. The molecule has 0 aliphatic heterocycles. The van der Waals surface area contributed by atoms with Crippen LogP contribution < -0.4 is 0 Å². The zero-order valence-corrected chi connectivity index (χ0v) is 16.4. The molecule has 4 aromatic rings. The minimum Gasteiger partial charge on any atom is -0.465 e. The summed E-state index contributed by atoms with van der Waals surface area (Å²) in [6.45, 7) is 0.966. The first-order chi connectivity index (χ1) is 14.2. The lowest BCUT2D eigenvalue weighted by atomic mass is 10.1. The first kappa shape index (κ1) is 18.9. The van der Waals surface area contributed by atoms with Crippen molar-refractivity contribution >= 4 is 16.9 Å². The fraction of sp³-hybridized carbons (Fsp3) is 0.208. The maximum Gasteiger partial charge on any atom is 0.337 e. The Hall–Kier alpha value is -3.47. The normalized spacial score (nSPS) is 10.9. The van der Waals surface area contributed by atoms with Gasteiger partial charge in [0.05, 0.1) is 35.8 Å². The second-order valence-corrected chi connectivity index (χ2v) is 7.00. The van der Waals surface area contributed by atoms with Gasteiger partial charge in [0.2, 0.25) is 0 Å². The molecule has 0 bridgehead atoms. The van der Waals surface area contributed by atoms with Gasteiger partial charge in [0.25, 0.3) is 0 Å². The minimum atomic E-state index is -0.378. The third-order valence-electron chi connectivity index (χ3n) is 5.06. The van der Waals surface area contributed by atoms with Crippen molar-refractivity contribution in [3.63, 3.8) is 0 Å². The van der Waals surface area contributed by atoms with Gasteiger partial charge >= 0.3 is 5.97 Å². The molecule has 146 valence electrons. The molecule has 0 N–H and O–H groups in total. The average molecular weight is 385 g/mol. The number of pyridine rings is 2. The van der Waals surface area contributed by atoms with Gasteiger partial charge in [-0.2, -0.15) is 0 Å². The summed E-state index contributed by atoms with van der Waals surface area (Å²) < 4.78 is 7.03. The first-order valence-corrected chi connectivity index (χ1v) is 9.78. The minimum absolute atomic E-state index is 0.378. The Bertz CT molecular complexity index is 1120. The average Bonchev–Trinajstić information content (AvgIpc) is 3.19. The van der Waals surface area contributed by atoms with Crippen LogP contribution in [0.2, 0.25) is 0 Å². The maximum atomic E-state index is 11.8. The molecule has 0 fully saturated rings. The van der Waals surface area contributed by atoms with Crippen LogP contribution in [0.3, 0.4) is 0 Å². The van der Waals surface area contributed by atoms with E-state index in [0.29, 0.717) is 11.3 Å². The molecule has 0 unspecified atom stereocenters. The second kappa shape index (κ2) is 8.69. The number of unbranched alkanes of at least 4 members (excludes halogenated alkanes) is 1. The molecule has 0 aliphatic carbocycles. The summed E-state index contributed by atoms with van der Waals surface area (Å²) in [7, 11) is 1.37. The van der Waals surface area contributed by atoms with Gasteiger partial charge in [-0.05, 0) is 49.1 Å². The third kappa shape index (κ3) is 4.35. The number of hydrogen-bond acceptors (Lipinski definition) is 4. The third-order valence-corrected chi connectivity index (χ3v) is 5.06. The van der Waals surface area contributed by atoms with Gasteiger partial charge in [0.1, 0.15) is 0 Å². The van der Waals surface area contributed by atoms with Crippen LogP contribution in [0.5, 0.6) is 0 Å². The number of esters is 1. The van der Waals surface area contributed by atoms with E-state index in [1.165, 1.54) is 12.7 Å². The molecule has 0 radical (unpaired) electrons. The highest BCUT2D eigenvalue weighted by Crippen LogP contribution is 2.23. The van der Waals surface area contributed by atoms with E-state index in [2.05, 4.69) is 57.1 Å². The van der Waals surface area contributed by atoms with E-state index in [0.717, 1.165) is 42.4 Å². The number of nitrogens with zero attached hydrogens (tertiary/aromatic N) is 3. The van der Waals surface area contributed by atoms with E-state index in [9.17, 15) is 4.79 Å².